The summed E-state index contributed by atoms with van der Waals surface area (Å²) in [5, 5.41) is 8.83. The molecular formula is C13H14F3NO3. The molecule has 4 nitrogen and oxygen atoms in total. The van der Waals surface area contributed by atoms with Crippen LogP contribution in [0.25, 0.3) is 0 Å². The molecule has 1 N–H and O–H groups in total. The number of nitrogens with zero attached hydrogens (tertiary/aromatic N) is 1. The van der Waals surface area contributed by atoms with Crippen LogP contribution >= 0.6 is 0 Å². The highest BCUT2D eigenvalue weighted by Crippen LogP contribution is 2.25. The first-order valence-electron chi connectivity index (χ1n) is 5.96. The molecule has 1 amide bonds. The first-order chi connectivity index (χ1) is 9.29. The number of hydrogen-bond donors (Lipinski definition) is 1. The Bertz CT molecular complexity index is 534. The van der Waals surface area contributed by atoms with Gasteiger partial charge in [-0.05, 0) is 12.1 Å². The zero-order valence-electron chi connectivity index (χ0n) is 11.0. The maximum atomic E-state index is 13.7. The van der Waals surface area contributed by atoms with Gasteiger partial charge < -0.3 is 10.0 Å². The van der Waals surface area contributed by atoms with E-state index in [0.717, 1.165) is 11.0 Å². The number of halogens is 3. The summed E-state index contributed by atoms with van der Waals surface area (Å²) in [7, 11) is 0. The standard InChI is InChI=1S/C13H14F3NO3/c1-3-10(18)17(6-7(2)13(19)20)9-5-4-8(14)11(15)12(9)16/h4-5,7H,3,6H2,1-2H3,(H,19,20). The third-order valence-corrected chi connectivity index (χ3v) is 2.79. The van der Waals surface area contributed by atoms with Gasteiger partial charge in [-0.3, -0.25) is 9.59 Å². The fraction of sp³-hybridized carbons (Fsp3) is 0.385. The Morgan fingerprint density at radius 1 is 1.25 bits per heavy atom. The van der Waals surface area contributed by atoms with Crippen molar-refractivity contribution >= 4 is 17.6 Å². The summed E-state index contributed by atoms with van der Waals surface area (Å²) in [4.78, 5) is 23.4. The Hall–Kier alpha value is -2.05. The fourth-order valence-corrected chi connectivity index (χ4v) is 1.60. The van der Waals surface area contributed by atoms with E-state index in [0.29, 0.717) is 6.07 Å². The number of benzene rings is 1. The Morgan fingerprint density at radius 2 is 1.85 bits per heavy atom. The normalized spacial score (nSPS) is 12.1. The minimum absolute atomic E-state index is 0.0230. The number of rotatable bonds is 5. The van der Waals surface area contributed by atoms with Crippen LogP contribution in [0.2, 0.25) is 0 Å². The van der Waals surface area contributed by atoms with E-state index >= 15 is 0 Å². The lowest BCUT2D eigenvalue weighted by atomic mass is 10.1. The van der Waals surface area contributed by atoms with Gasteiger partial charge in [0.15, 0.2) is 17.5 Å². The van der Waals surface area contributed by atoms with E-state index in [2.05, 4.69) is 0 Å². The van der Waals surface area contributed by atoms with E-state index in [1.807, 2.05) is 0 Å². The number of hydrogen-bond acceptors (Lipinski definition) is 2. The molecule has 7 heteroatoms. The molecule has 0 saturated carbocycles. The molecule has 1 unspecified atom stereocenters. The molecule has 1 aromatic rings. The van der Waals surface area contributed by atoms with Crippen molar-refractivity contribution < 1.29 is 27.9 Å². The summed E-state index contributed by atoms with van der Waals surface area (Å²) in [5.74, 6) is -7.31. The van der Waals surface area contributed by atoms with Crippen LogP contribution in [0.1, 0.15) is 20.3 Å². The Kier molecular flexibility index (Phi) is 5.12. The summed E-state index contributed by atoms with van der Waals surface area (Å²) < 4.78 is 39.8. The van der Waals surface area contributed by atoms with Gasteiger partial charge in [0, 0.05) is 13.0 Å². The van der Waals surface area contributed by atoms with Crippen molar-refractivity contribution in [2.45, 2.75) is 20.3 Å². The summed E-state index contributed by atoms with van der Waals surface area (Å²) in [6.45, 7) is 2.50. The molecule has 0 fully saturated rings. The summed E-state index contributed by atoms with van der Waals surface area (Å²) in [5.41, 5.74) is -0.469. The van der Waals surface area contributed by atoms with Gasteiger partial charge in [0.1, 0.15) is 0 Å². The average molecular weight is 289 g/mol. The number of amides is 1. The third kappa shape index (κ3) is 3.28. The van der Waals surface area contributed by atoms with Gasteiger partial charge in [-0.2, -0.15) is 0 Å². The van der Waals surface area contributed by atoms with Gasteiger partial charge in [0.2, 0.25) is 5.91 Å². The van der Waals surface area contributed by atoms with Crippen LogP contribution in [-0.4, -0.2) is 23.5 Å². The highest BCUT2D eigenvalue weighted by Gasteiger charge is 2.25. The van der Waals surface area contributed by atoms with E-state index in [1.165, 1.54) is 13.8 Å². The number of carboxylic acid groups (broad SMARTS) is 1. The van der Waals surface area contributed by atoms with Crippen molar-refractivity contribution in [1.29, 1.82) is 0 Å². The molecule has 0 bridgehead atoms. The molecule has 110 valence electrons. The van der Waals surface area contributed by atoms with Crippen molar-refractivity contribution in [3.05, 3.63) is 29.6 Å². The minimum Gasteiger partial charge on any atom is -0.481 e. The number of carbonyl (C=O) groups is 2. The van der Waals surface area contributed by atoms with E-state index in [9.17, 15) is 22.8 Å². The van der Waals surface area contributed by atoms with Crippen LogP contribution in [-0.2, 0) is 9.59 Å². The van der Waals surface area contributed by atoms with Crippen LogP contribution in [0.4, 0.5) is 18.9 Å². The molecule has 0 heterocycles. The van der Waals surface area contributed by atoms with Crippen LogP contribution in [0, 0.1) is 23.4 Å². The quantitative estimate of drug-likeness (QED) is 0.848. The lowest BCUT2D eigenvalue weighted by molar-refractivity contribution is -0.140. The number of carbonyl (C=O) groups excluding carboxylic acids is 1. The summed E-state index contributed by atoms with van der Waals surface area (Å²) >= 11 is 0. The highest BCUT2D eigenvalue weighted by atomic mass is 19.2. The van der Waals surface area contributed by atoms with E-state index in [4.69, 9.17) is 5.11 Å². The third-order valence-electron chi connectivity index (χ3n) is 2.79. The first-order valence-corrected chi connectivity index (χ1v) is 5.96. The largest absolute Gasteiger partial charge is 0.481 e. The molecule has 0 spiro atoms. The molecule has 0 aromatic heterocycles. The maximum Gasteiger partial charge on any atom is 0.308 e. The zero-order valence-corrected chi connectivity index (χ0v) is 11.0. The molecule has 20 heavy (non-hydrogen) atoms. The van der Waals surface area contributed by atoms with E-state index < -0.39 is 40.9 Å². The number of anilines is 1. The number of carboxylic acids is 1. The van der Waals surface area contributed by atoms with Crippen LogP contribution in [0.3, 0.4) is 0 Å². The molecule has 0 saturated heterocycles. The SMILES string of the molecule is CCC(=O)N(CC(C)C(=O)O)c1ccc(F)c(F)c1F. The topological polar surface area (TPSA) is 57.6 Å². The predicted molar refractivity (Wildman–Crippen MR) is 65.8 cm³/mol. The molecule has 0 aliphatic carbocycles. The van der Waals surface area contributed by atoms with Gasteiger partial charge in [-0.25, -0.2) is 13.2 Å². The zero-order chi connectivity index (χ0) is 15.4. The Balaban J connectivity index is 3.21. The molecule has 0 aliphatic heterocycles. The molecule has 1 atom stereocenters. The Labute approximate surface area is 113 Å². The highest BCUT2D eigenvalue weighted by molar-refractivity contribution is 5.93. The molecule has 1 aromatic carbocycles. The second kappa shape index (κ2) is 6.40. The Morgan fingerprint density at radius 3 is 2.35 bits per heavy atom. The van der Waals surface area contributed by atoms with Gasteiger partial charge in [0.05, 0.1) is 11.6 Å². The van der Waals surface area contributed by atoms with Gasteiger partial charge in [-0.15, -0.1) is 0 Å². The van der Waals surface area contributed by atoms with Crippen molar-refractivity contribution in [3.8, 4) is 0 Å². The van der Waals surface area contributed by atoms with Crippen LogP contribution < -0.4 is 4.90 Å². The molecule has 0 radical (unpaired) electrons. The van der Waals surface area contributed by atoms with Crippen LogP contribution in [0.5, 0.6) is 0 Å². The molecule has 1 rings (SSSR count). The first kappa shape index (κ1) is 16.0. The van der Waals surface area contributed by atoms with Crippen molar-refractivity contribution in [2.24, 2.45) is 5.92 Å². The lowest BCUT2D eigenvalue weighted by Crippen LogP contribution is -2.37. The van der Waals surface area contributed by atoms with Crippen LogP contribution in [0.15, 0.2) is 12.1 Å². The second-order valence-electron chi connectivity index (χ2n) is 4.29. The average Bonchev–Trinajstić information content (AvgIpc) is 2.41. The monoisotopic (exact) mass is 289 g/mol. The molecule has 0 aliphatic rings. The fourth-order valence-electron chi connectivity index (χ4n) is 1.60. The smallest absolute Gasteiger partial charge is 0.308 e. The second-order valence-corrected chi connectivity index (χ2v) is 4.29. The van der Waals surface area contributed by atoms with Crippen molar-refractivity contribution in [1.82, 2.24) is 0 Å². The van der Waals surface area contributed by atoms with Gasteiger partial charge in [-0.1, -0.05) is 13.8 Å². The lowest BCUT2D eigenvalue weighted by Gasteiger charge is -2.24. The van der Waals surface area contributed by atoms with Gasteiger partial charge >= 0.3 is 5.97 Å². The minimum atomic E-state index is -1.70. The summed E-state index contributed by atoms with van der Waals surface area (Å²) in [6, 6.07) is 1.60. The number of aliphatic carboxylic acids is 1. The predicted octanol–water partition coefficient (Wildman–Crippen LogP) is 2.57. The maximum absolute atomic E-state index is 13.7. The van der Waals surface area contributed by atoms with E-state index in [1.54, 1.807) is 0 Å². The van der Waals surface area contributed by atoms with E-state index in [-0.39, 0.29) is 13.0 Å². The van der Waals surface area contributed by atoms with Gasteiger partial charge in [0.25, 0.3) is 0 Å². The molecular weight excluding hydrogens is 275 g/mol. The van der Waals surface area contributed by atoms with Crippen molar-refractivity contribution in [3.63, 3.8) is 0 Å². The summed E-state index contributed by atoms with van der Waals surface area (Å²) in [6.07, 6.45) is -0.0230. The van der Waals surface area contributed by atoms with Crippen molar-refractivity contribution in [2.75, 3.05) is 11.4 Å².